The quantitative estimate of drug-likeness (QED) is 0.818. The number of nitrogens with zero attached hydrogens (tertiary/aromatic N) is 2. The van der Waals surface area contributed by atoms with Gasteiger partial charge in [0.25, 0.3) is 0 Å². The van der Waals surface area contributed by atoms with Crippen LogP contribution in [0, 0.1) is 5.41 Å². The SMILES string of the molecule is OCC(CO)(Cc1ccccn1)Cc1ccccn1. The number of hydrogen-bond acceptors (Lipinski definition) is 4. The van der Waals surface area contributed by atoms with Gasteiger partial charge in [0.2, 0.25) is 0 Å². The van der Waals surface area contributed by atoms with Crippen molar-refractivity contribution < 1.29 is 10.2 Å². The van der Waals surface area contributed by atoms with Gasteiger partial charge in [-0.3, -0.25) is 9.97 Å². The molecule has 0 aliphatic carbocycles. The third-order valence-electron chi connectivity index (χ3n) is 3.24. The van der Waals surface area contributed by atoms with Gasteiger partial charge in [-0.1, -0.05) is 12.1 Å². The van der Waals surface area contributed by atoms with Gasteiger partial charge >= 0.3 is 0 Å². The maximum Gasteiger partial charge on any atom is 0.0517 e. The molecule has 0 aliphatic rings. The van der Waals surface area contributed by atoms with Gasteiger partial charge in [-0.25, -0.2) is 0 Å². The lowest BCUT2D eigenvalue weighted by Gasteiger charge is -2.29. The summed E-state index contributed by atoms with van der Waals surface area (Å²) in [4.78, 5) is 8.52. The fraction of sp³-hybridized carbons (Fsp3) is 0.333. The molecule has 19 heavy (non-hydrogen) atoms. The second-order valence-corrected chi connectivity index (χ2v) is 4.81. The highest BCUT2D eigenvalue weighted by atomic mass is 16.3. The fourth-order valence-corrected chi connectivity index (χ4v) is 2.11. The second kappa shape index (κ2) is 6.41. The summed E-state index contributed by atoms with van der Waals surface area (Å²) in [5.74, 6) is 0. The summed E-state index contributed by atoms with van der Waals surface area (Å²) in [6.07, 6.45) is 4.49. The van der Waals surface area contributed by atoms with E-state index in [9.17, 15) is 10.2 Å². The molecule has 4 heteroatoms. The zero-order valence-electron chi connectivity index (χ0n) is 10.7. The van der Waals surface area contributed by atoms with Gasteiger partial charge in [-0.15, -0.1) is 0 Å². The largest absolute Gasteiger partial charge is 0.396 e. The van der Waals surface area contributed by atoms with Gasteiger partial charge in [0, 0.05) is 42.0 Å². The molecule has 2 rings (SSSR count). The molecule has 4 nitrogen and oxygen atoms in total. The number of pyridine rings is 2. The molecule has 100 valence electrons. The average Bonchev–Trinajstić information content (AvgIpc) is 2.48. The third-order valence-corrected chi connectivity index (χ3v) is 3.24. The van der Waals surface area contributed by atoms with Crippen LogP contribution in [0.15, 0.2) is 48.8 Å². The zero-order valence-corrected chi connectivity index (χ0v) is 10.7. The highest BCUT2D eigenvalue weighted by molar-refractivity contribution is 5.11. The summed E-state index contributed by atoms with van der Waals surface area (Å²) in [7, 11) is 0. The first-order chi connectivity index (χ1) is 9.28. The molecular weight excluding hydrogens is 240 g/mol. The Kier molecular flexibility index (Phi) is 4.60. The molecule has 0 bridgehead atoms. The lowest BCUT2D eigenvalue weighted by molar-refractivity contribution is 0.0532. The van der Waals surface area contributed by atoms with Crippen LogP contribution < -0.4 is 0 Å². The maximum absolute atomic E-state index is 9.68. The summed E-state index contributed by atoms with van der Waals surface area (Å²) in [5, 5.41) is 19.4. The van der Waals surface area contributed by atoms with E-state index < -0.39 is 5.41 Å². The Labute approximate surface area is 112 Å². The molecule has 0 atom stereocenters. The van der Waals surface area contributed by atoms with E-state index in [0.717, 1.165) is 11.4 Å². The van der Waals surface area contributed by atoms with E-state index in [4.69, 9.17) is 0 Å². The Hall–Kier alpha value is -1.78. The minimum absolute atomic E-state index is 0.101. The van der Waals surface area contributed by atoms with Crippen molar-refractivity contribution in [3.8, 4) is 0 Å². The average molecular weight is 258 g/mol. The summed E-state index contributed by atoms with van der Waals surface area (Å²) >= 11 is 0. The Morgan fingerprint density at radius 3 is 1.58 bits per heavy atom. The number of aliphatic hydroxyl groups excluding tert-OH is 2. The van der Waals surface area contributed by atoms with E-state index in [1.165, 1.54) is 0 Å². The van der Waals surface area contributed by atoms with Crippen molar-refractivity contribution in [2.45, 2.75) is 12.8 Å². The fourth-order valence-electron chi connectivity index (χ4n) is 2.11. The summed E-state index contributed by atoms with van der Waals surface area (Å²) in [6, 6.07) is 11.3. The lowest BCUT2D eigenvalue weighted by Crippen LogP contribution is -2.35. The van der Waals surface area contributed by atoms with Crippen LogP contribution in [-0.4, -0.2) is 33.4 Å². The van der Waals surface area contributed by atoms with Gasteiger partial charge < -0.3 is 10.2 Å². The molecule has 0 radical (unpaired) electrons. The molecule has 0 amide bonds. The van der Waals surface area contributed by atoms with Gasteiger partial charge in [0.05, 0.1) is 13.2 Å². The van der Waals surface area contributed by atoms with Crippen LogP contribution in [0.25, 0.3) is 0 Å². The predicted octanol–water partition coefficient (Wildman–Crippen LogP) is 1.23. The predicted molar refractivity (Wildman–Crippen MR) is 72.5 cm³/mol. The van der Waals surface area contributed by atoms with Crippen molar-refractivity contribution in [1.82, 2.24) is 9.97 Å². The molecule has 0 saturated carbocycles. The highest BCUT2D eigenvalue weighted by Gasteiger charge is 2.30. The van der Waals surface area contributed by atoms with Crippen LogP contribution in [0.5, 0.6) is 0 Å². The summed E-state index contributed by atoms with van der Waals surface area (Å²) < 4.78 is 0. The lowest BCUT2D eigenvalue weighted by atomic mass is 9.80. The molecule has 0 fully saturated rings. The van der Waals surface area contributed by atoms with E-state index in [1.54, 1.807) is 12.4 Å². The first-order valence-electron chi connectivity index (χ1n) is 6.29. The van der Waals surface area contributed by atoms with Crippen molar-refractivity contribution in [1.29, 1.82) is 0 Å². The van der Waals surface area contributed by atoms with Crippen molar-refractivity contribution in [2.75, 3.05) is 13.2 Å². The van der Waals surface area contributed by atoms with E-state index in [1.807, 2.05) is 36.4 Å². The van der Waals surface area contributed by atoms with E-state index in [-0.39, 0.29) is 13.2 Å². The van der Waals surface area contributed by atoms with Crippen LogP contribution >= 0.6 is 0 Å². The minimum Gasteiger partial charge on any atom is -0.396 e. The second-order valence-electron chi connectivity index (χ2n) is 4.81. The van der Waals surface area contributed by atoms with Gasteiger partial charge in [-0.05, 0) is 24.3 Å². The Morgan fingerprint density at radius 2 is 1.26 bits per heavy atom. The maximum atomic E-state index is 9.68. The summed E-state index contributed by atoms with van der Waals surface area (Å²) in [5.41, 5.74) is 1.10. The molecule has 0 saturated heterocycles. The number of aliphatic hydroxyl groups is 2. The van der Waals surface area contributed by atoms with Crippen LogP contribution in [0.4, 0.5) is 0 Å². The van der Waals surface area contributed by atoms with Crippen molar-refractivity contribution in [3.63, 3.8) is 0 Å². The van der Waals surface area contributed by atoms with Crippen LogP contribution in [0.1, 0.15) is 11.4 Å². The van der Waals surface area contributed by atoms with Crippen molar-refractivity contribution in [2.24, 2.45) is 5.41 Å². The van der Waals surface area contributed by atoms with E-state index in [0.29, 0.717) is 12.8 Å². The van der Waals surface area contributed by atoms with Crippen LogP contribution in [0.3, 0.4) is 0 Å². The zero-order chi connectivity index (χ0) is 13.6. The number of rotatable bonds is 6. The smallest absolute Gasteiger partial charge is 0.0517 e. The van der Waals surface area contributed by atoms with Gasteiger partial charge in [0.15, 0.2) is 0 Å². The molecule has 0 aromatic carbocycles. The molecular formula is C15H18N2O2. The number of aromatic nitrogens is 2. The Balaban J connectivity index is 2.18. The first kappa shape index (κ1) is 13.6. The molecule has 0 aliphatic heterocycles. The topological polar surface area (TPSA) is 66.2 Å². The minimum atomic E-state index is -0.622. The molecule has 2 aromatic rings. The van der Waals surface area contributed by atoms with Crippen molar-refractivity contribution in [3.05, 3.63) is 60.2 Å². The van der Waals surface area contributed by atoms with E-state index in [2.05, 4.69) is 9.97 Å². The van der Waals surface area contributed by atoms with Crippen LogP contribution in [0.2, 0.25) is 0 Å². The van der Waals surface area contributed by atoms with Gasteiger partial charge in [-0.2, -0.15) is 0 Å². The van der Waals surface area contributed by atoms with Crippen LogP contribution in [-0.2, 0) is 12.8 Å². The first-order valence-corrected chi connectivity index (χ1v) is 6.29. The molecule has 2 N–H and O–H groups in total. The normalized spacial score (nSPS) is 11.5. The Morgan fingerprint density at radius 1 is 0.789 bits per heavy atom. The Bertz CT molecular complexity index is 441. The molecule has 2 aromatic heterocycles. The van der Waals surface area contributed by atoms with Gasteiger partial charge in [0.1, 0.15) is 0 Å². The monoisotopic (exact) mass is 258 g/mol. The van der Waals surface area contributed by atoms with Crippen molar-refractivity contribution >= 4 is 0 Å². The summed E-state index contributed by atoms with van der Waals surface area (Å²) in [6.45, 7) is -0.201. The molecule has 0 unspecified atom stereocenters. The number of hydrogen-bond donors (Lipinski definition) is 2. The molecule has 2 heterocycles. The standard InChI is InChI=1S/C15H18N2O2/c18-11-15(12-19,9-13-5-1-3-7-16-13)10-14-6-2-4-8-17-14/h1-8,18-19H,9-12H2. The highest BCUT2D eigenvalue weighted by Crippen LogP contribution is 2.25. The van der Waals surface area contributed by atoms with E-state index >= 15 is 0 Å². The third kappa shape index (κ3) is 3.59. The molecule has 0 spiro atoms.